The van der Waals surface area contributed by atoms with Crippen LogP contribution in [0.15, 0.2) is 29.3 Å². The van der Waals surface area contributed by atoms with Crippen molar-refractivity contribution in [2.24, 2.45) is 10.9 Å². The van der Waals surface area contributed by atoms with Crippen LogP contribution in [0.4, 0.5) is 5.69 Å². The molecule has 158 valence electrons. The van der Waals surface area contributed by atoms with Gasteiger partial charge in [0.25, 0.3) is 0 Å². The van der Waals surface area contributed by atoms with Crippen molar-refractivity contribution in [3.05, 3.63) is 29.8 Å². The summed E-state index contributed by atoms with van der Waals surface area (Å²) in [6, 6.07) is 7.92. The summed E-state index contributed by atoms with van der Waals surface area (Å²) in [6.45, 7) is 6.05. The van der Waals surface area contributed by atoms with E-state index >= 15 is 0 Å². The first-order valence-corrected chi connectivity index (χ1v) is 9.57. The fraction of sp³-hybridized carbons (Fsp3) is 0.600. The highest BCUT2D eigenvalue weighted by Gasteiger charge is 2.25. The topological polar surface area (TPSA) is 75.2 Å². The van der Waals surface area contributed by atoms with Gasteiger partial charge in [-0.15, -0.1) is 24.0 Å². The highest BCUT2D eigenvalue weighted by molar-refractivity contribution is 14.0. The molecule has 0 aromatic heterocycles. The van der Waals surface area contributed by atoms with Crippen molar-refractivity contribution in [2.45, 2.75) is 19.8 Å². The molecule has 2 N–H and O–H groups in total. The number of aliphatic imine (C=N–C) groups is 1. The minimum atomic E-state index is -0.0805. The summed E-state index contributed by atoms with van der Waals surface area (Å²) in [5, 5.41) is 6.09. The van der Waals surface area contributed by atoms with Crippen LogP contribution >= 0.6 is 24.0 Å². The average molecular weight is 504 g/mol. The molecular weight excluding hydrogens is 471 g/mol. The van der Waals surface area contributed by atoms with Crippen LogP contribution in [0.25, 0.3) is 0 Å². The first-order valence-electron chi connectivity index (χ1n) is 9.57. The van der Waals surface area contributed by atoms with Crippen LogP contribution < -0.4 is 10.6 Å². The number of carbonyl (C=O) groups is 1. The van der Waals surface area contributed by atoms with E-state index < -0.39 is 0 Å². The Kier molecular flexibility index (Phi) is 12.1. The quantitative estimate of drug-likeness (QED) is 0.234. The van der Waals surface area contributed by atoms with Crippen LogP contribution in [0.2, 0.25) is 0 Å². The Balaban J connectivity index is 0.00000392. The van der Waals surface area contributed by atoms with Gasteiger partial charge in [-0.25, -0.2) is 0 Å². The van der Waals surface area contributed by atoms with E-state index in [0.717, 1.165) is 44.2 Å². The maximum Gasteiger partial charge on any atom is 0.243 e. The number of nitrogens with zero attached hydrogens (tertiary/aromatic N) is 2. The number of hydrogen-bond acceptors (Lipinski definition) is 4. The minimum absolute atomic E-state index is 0. The molecule has 1 atom stereocenters. The van der Waals surface area contributed by atoms with Gasteiger partial charge in [0.2, 0.25) is 5.91 Å². The van der Waals surface area contributed by atoms with E-state index in [0.29, 0.717) is 19.1 Å². The molecule has 0 spiro atoms. The van der Waals surface area contributed by atoms with Crippen LogP contribution in [-0.2, 0) is 20.7 Å². The van der Waals surface area contributed by atoms with Gasteiger partial charge in [0.1, 0.15) is 0 Å². The zero-order chi connectivity index (χ0) is 19.5. The molecule has 1 aliphatic heterocycles. The highest BCUT2D eigenvalue weighted by Crippen LogP contribution is 2.16. The number of methoxy groups -OCH3 is 1. The SMILES string of the molecule is CCc1cccc(NC(=O)CNC(=NC)N2CCC(COCCOC)C2)c1.I. The van der Waals surface area contributed by atoms with Crippen LogP contribution in [0.5, 0.6) is 0 Å². The normalized spacial score (nSPS) is 16.6. The fourth-order valence-electron chi connectivity index (χ4n) is 3.12. The zero-order valence-corrected chi connectivity index (χ0v) is 19.4. The van der Waals surface area contributed by atoms with Gasteiger partial charge in [0.05, 0.1) is 26.4 Å². The van der Waals surface area contributed by atoms with Crippen molar-refractivity contribution in [3.63, 3.8) is 0 Å². The molecular formula is C20H33IN4O3. The van der Waals surface area contributed by atoms with E-state index in [1.54, 1.807) is 14.2 Å². The summed E-state index contributed by atoms with van der Waals surface area (Å²) in [4.78, 5) is 18.7. The zero-order valence-electron chi connectivity index (χ0n) is 17.1. The lowest BCUT2D eigenvalue weighted by Gasteiger charge is -2.21. The highest BCUT2D eigenvalue weighted by atomic mass is 127. The van der Waals surface area contributed by atoms with E-state index in [-0.39, 0.29) is 36.4 Å². The Morgan fingerprint density at radius 1 is 1.36 bits per heavy atom. The Labute approximate surface area is 185 Å². The van der Waals surface area contributed by atoms with E-state index in [4.69, 9.17) is 9.47 Å². The van der Waals surface area contributed by atoms with Crippen LogP contribution in [-0.4, -0.2) is 70.4 Å². The molecule has 1 aromatic carbocycles. The van der Waals surface area contributed by atoms with Gasteiger partial charge in [-0.2, -0.15) is 0 Å². The molecule has 0 aliphatic carbocycles. The Bertz CT molecular complexity index is 627. The molecule has 28 heavy (non-hydrogen) atoms. The Hall–Kier alpha value is -1.39. The van der Waals surface area contributed by atoms with Crippen molar-refractivity contribution in [1.29, 1.82) is 0 Å². The monoisotopic (exact) mass is 504 g/mol. The Morgan fingerprint density at radius 3 is 2.89 bits per heavy atom. The van der Waals surface area contributed by atoms with Crippen LogP contribution in [0, 0.1) is 5.92 Å². The van der Waals surface area contributed by atoms with Gasteiger partial charge < -0.3 is 25.0 Å². The number of benzene rings is 1. The summed E-state index contributed by atoms with van der Waals surface area (Å²) in [7, 11) is 3.42. The lowest BCUT2D eigenvalue weighted by molar-refractivity contribution is -0.115. The van der Waals surface area contributed by atoms with Crippen molar-refractivity contribution < 1.29 is 14.3 Å². The molecule has 0 bridgehead atoms. The van der Waals surface area contributed by atoms with E-state index in [1.807, 2.05) is 18.2 Å². The van der Waals surface area contributed by atoms with Crippen molar-refractivity contribution >= 4 is 41.5 Å². The van der Waals surface area contributed by atoms with Gasteiger partial charge in [-0.05, 0) is 30.5 Å². The van der Waals surface area contributed by atoms with Crippen molar-refractivity contribution in [3.8, 4) is 0 Å². The molecule has 8 heteroatoms. The maximum absolute atomic E-state index is 12.2. The third kappa shape index (κ3) is 8.32. The average Bonchev–Trinajstić information content (AvgIpc) is 3.14. The number of guanidine groups is 1. The summed E-state index contributed by atoms with van der Waals surface area (Å²) < 4.78 is 10.6. The van der Waals surface area contributed by atoms with Crippen molar-refractivity contribution in [2.75, 3.05) is 58.9 Å². The molecule has 1 amide bonds. The van der Waals surface area contributed by atoms with Gasteiger partial charge in [0, 0.05) is 38.9 Å². The number of rotatable bonds is 9. The number of anilines is 1. The molecule has 0 saturated carbocycles. The smallest absolute Gasteiger partial charge is 0.243 e. The minimum Gasteiger partial charge on any atom is -0.382 e. The Morgan fingerprint density at radius 2 is 2.18 bits per heavy atom. The van der Waals surface area contributed by atoms with E-state index in [1.165, 1.54) is 5.56 Å². The number of hydrogen-bond donors (Lipinski definition) is 2. The molecule has 7 nitrogen and oxygen atoms in total. The number of aryl methyl sites for hydroxylation is 1. The summed E-state index contributed by atoms with van der Waals surface area (Å²) in [5.74, 6) is 1.15. The third-order valence-corrected chi connectivity index (χ3v) is 4.61. The molecule has 1 unspecified atom stereocenters. The molecule has 0 radical (unpaired) electrons. The van der Waals surface area contributed by atoms with Gasteiger partial charge in [-0.1, -0.05) is 19.1 Å². The molecule has 1 fully saturated rings. The first kappa shape index (κ1) is 24.6. The largest absolute Gasteiger partial charge is 0.382 e. The summed E-state index contributed by atoms with van der Waals surface area (Å²) >= 11 is 0. The molecule has 2 rings (SSSR count). The lowest BCUT2D eigenvalue weighted by atomic mass is 10.1. The second-order valence-corrected chi connectivity index (χ2v) is 6.67. The van der Waals surface area contributed by atoms with Crippen LogP contribution in [0.3, 0.4) is 0 Å². The van der Waals surface area contributed by atoms with Gasteiger partial charge in [-0.3, -0.25) is 9.79 Å². The maximum atomic E-state index is 12.2. The lowest BCUT2D eigenvalue weighted by Crippen LogP contribution is -2.43. The van der Waals surface area contributed by atoms with Gasteiger partial charge >= 0.3 is 0 Å². The predicted molar refractivity (Wildman–Crippen MR) is 124 cm³/mol. The summed E-state index contributed by atoms with van der Waals surface area (Å²) in [6.07, 6.45) is 2.00. The number of halogens is 1. The second kappa shape index (κ2) is 13.7. The molecule has 1 aromatic rings. The van der Waals surface area contributed by atoms with Gasteiger partial charge in [0.15, 0.2) is 5.96 Å². The summed E-state index contributed by atoms with van der Waals surface area (Å²) in [5.41, 5.74) is 2.03. The first-order chi connectivity index (χ1) is 13.2. The predicted octanol–water partition coefficient (Wildman–Crippen LogP) is 2.37. The second-order valence-electron chi connectivity index (χ2n) is 6.67. The van der Waals surface area contributed by atoms with Crippen molar-refractivity contribution in [1.82, 2.24) is 10.2 Å². The number of ether oxygens (including phenoxy) is 2. The molecule has 1 aliphatic rings. The molecule has 1 saturated heterocycles. The number of likely N-dealkylation sites (tertiary alicyclic amines) is 1. The fourth-order valence-corrected chi connectivity index (χ4v) is 3.12. The van der Waals surface area contributed by atoms with Crippen LogP contribution in [0.1, 0.15) is 18.9 Å². The number of amides is 1. The number of carbonyl (C=O) groups excluding carboxylic acids is 1. The van der Waals surface area contributed by atoms with E-state index in [2.05, 4.69) is 33.5 Å². The standard InChI is InChI=1S/C20H32N4O3.HI/c1-4-16-6-5-7-18(12-16)23-19(25)13-22-20(21-2)24-9-8-17(14-24)15-27-11-10-26-3;/h5-7,12,17H,4,8-11,13-15H2,1-3H3,(H,21,22)(H,23,25);1H. The third-order valence-electron chi connectivity index (χ3n) is 4.61. The molecule has 1 heterocycles. The van der Waals surface area contributed by atoms with E-state index in [9.17, 15) is 4.79 Å². The number of nitrogens with one attached hydrogen (secondary N) is 2.